The van der Waals surface area contributed by atoms with E-state index in [2.05, 4.69) is 17.0 Å². The third kappa shape index (κ3) is 5.88. The highest BCUT2D eigenvalue weighted by Gasteiger charge is 2.38. The molecule has 3 rings (SSSR count). The Bertz CT molecular complexity index is 789. The van der Waals surface area contributed by atoms with Gasteiger partial charge in [0.05, 0.1) is 6.61 Å². The first-order chi connectivity index (χ1) is 14.4. The molecule has 1 amide bonds. The lowest BCUT2D eigenvalue weighted by Gasteiger charge is -2.45. The van der Waals surface area contributed by atoms with Crippen LogP contribution in [0.15, 0.2) is 52.6 Å². The number of amides is 1. The zero-order valence-electron chi connectivity index (χ0n) is 18.1. The molecule has 3 N–H and O–H groups in total. The normalized spacial score (nSPS) is 23.5. The first-order valence-electron chi connectivity index (χ1n) is 10.7. The number of benzene rings is 1. The highest BCUT2D eigenvalue weighted by atomic mass is 32.2. The summed E-state index contributed by atoms with van der Waals surface area (Å²) in [7, 11) is 1.83. The molecule has 1 heterocycles. The minimum absolute atomic E-state index is 0.113. The highest BCUT2D eigenvalue weighted by molar-refractivity contribution is 7.97. The van der Waals surface area contributed by atoms with Crippen LogP contribution in [-0.2, 0) is 9.53 Å². The van der Waals surface area contributed by atoms with E-state index in [-0.39, 0.29) is 18.6 Å². The first-order valence-corrected chi connectivity index (χ1v) is 11.5. The van der Waals surface area contributed by atoms with Gasteiger partial charge in [-0.2, -0.15) is 0 Å². The van der Waals surface area contributed by atoms with Crippen LogP contribution < -0.4 is 10.0 Å². The number of nitrogens with zero attached hydrogens (tertiary/aromatic N) is 1. The number of rotatable bonds is 9. The van der Waals surface area contributed by atoms with E-state index < -0.39 is 5.72 Å². The number of fused-ring (bicyclic) bond motifs is 1. The van der Waals surface area contributed by atoms with Crippen LogP contribution in [0.2, 0.25) is 0 Å². The Morgan fingerprint density at radius 1 is 1.30 bits per heavy atom. The number of nitrogens with one attached hydrogen (secondary N) is 2. The van der Waals surface area contributed by atoms with Gasteiger partial charge in [0.25, 0.3) is 5.91 Å². The van der Waals surface area contributed by atoms with E-state index in [1.165, 1.54) is 25.7 Å². The number of ether oxygens (including phenoxy) is 1. The number of carbonyl (C=O) groups is 1. The molecule has 164 valence electrons. The van der Waals surface area contributed by atoms with Gasteiger partial charge in [0, 0.05) is 35.4 Å². The summed E-state index contributed by atoms with van der Waals surface area (Å²) in [6, 6.07) is 7.84. The molecule has 0 spiro atoms. The third-order valence-corrected chi connectivity index (χ3v) is 6.41. The van der Waals surface area contributed by atoms with E-state index >= 15 is 0 Å². The zero-order valence-corrected chi connectivity index (χ0v) is 18.9. The van der Waals surface area contributed by atoms with Gasteiger partial charge in [-0.3, -0.25) is 9.52 Å². The summed E-state index contributed by atoms with van der Waals surface area (Å²) in [5.41, 5.74) is 1.10. The lowest BCUT2D eigenvalue weighted by atomic mass is 9.97. The summed E-state index contributed by atoms with van der Waals surface area (Å²) >= 11 is 1.62. The Hall–Kier alpha value is -1.80. The number of morpholine rings is 1. The maximum Gasteiger partial charge on any atom is 0.255 e. The summed E-state index contributed by atoms with van der Waals surface area (Å²) in [6.45, 7) is 5.17. The summed E-state index contributed by atoms with van der Waals surface area (Å²) in [5, 5.41) is 13.4. The number of anilines is 1. The van der Waals surface area contributed by atoms with Crippen molar-refractivity contribution in [1.29, 1.82) is 0 Å². The van der Waals surface area contributed by atoms with Crippen LogP contribution in [-0.4, -0.2) is 47.9 Å². The number of unbranched alkanes of at least 4 members (excludes halogenated alkanes) is 3. The molecule has 1 aliphatic carbocycles. The second-order valence-electron chi connectivity index (χ2n) is 8.08. The van der Waals surface area contributed by atoms with E-state index in [1.54, 1.807) is 23.8 Å². The van der Waals surface area contributed by atoms with Crippen molar-refractivity contribution in [2.75, 3.05) is 25.5 Å². The Kier molecular flexibility index (Phi) is 7.99. The fourth-order valence-corrected chi connectivity index (χ4v) is 4.18. The molecule has 2 atom stereocenters. The van der Waals surface area contributed by atoms with E-state index in [0.29, 0.717) is 12.0 Å². The number of hydrogen-bond donors (Lipinski definition) is 3. The Labute approximate surface area is 183 Å². The molecule has 7 heteroatoms. The molecule has 6 nitrogen and oxygen atoms in total. The molecular formula is C23H33N3O3S. The van der Waals surface area contributed by atoms with E-state index in [0.717, 1.165) is 22.8 Å². The van der Waals surface area contributed by atoms with Gasteiger partial charge in [-0.25, -0.2) is 0 Å². The molecule has 0 saturated carbocycles. The predicted molar refractivity (Wildman–Crippen MR) is 122 cm³/mol. The maximum atomic E-state index is 12.7. The average molecular weight is 432 g/mol. The van der Waals surface area contributed by atoms with Crippen molar-refractivity contribution < 1.29 is 14.6 Å². The molecule has 0 bridgehead atoms. The summed E-state index contributed by atoms with van der Waals surface area (Å²) in [6.07, 6.45) is 9.20. The van der Waals surface area contributed by atoms with Crippen molar-refractivity contribution >= 4 is 23.5 Å². The van der Waals surface area contributed by atoms with Crippen LogP contribution >= 0.6 is 11.9 Å². The SMILES string of the molecule is CCCCCCNSc1ccc(NC(=O)C2=CCC3OCC(C)(O)N(C)C3=C2)cc1. The van der Waals surface area contributed by atoms with Crippen LogP contribution in [0.25, 0.3) is 0 Å². The van der Waals surface area contributed by atoms with Crippen LogP contribution in [0.4, 0.5) is 5.69 Å². The fraction of sp³-hybridized carbons (Fsp3) is 0.522. The van der Waals surface area contributed by atoms with Crippen molar-refractivity contribution in [2.45, 2.75) is 62.7 Å². The van der Waals surface area contributed by atoms with Gasteiger partial charge in [0.15, 0.2) is 5.72 Å². The maximum absolute atomic E-state index is 12.7. The molecule has 1 aromatic carbocycles. The molecule has 1 aromatic rings. The van der Waals surface area contributed by atoms with Crippen molar-refractivity contribution in [1.82, 2.24) is 9.62 Å². The molecule has 0 radical (unpaired) electrons. The van der Waals surface area contributed by atoms with Gasteiger partial charge < -0.3 is 20.1 Å². The largest absolute Gasteiger partial charge is 0.369 e. The van der Waals surface area contributed by atoms with E-state index in [1.807, 2.05) is 43.5 Å². The van der Waals surface area contributed by atoms with Crippen molar-refractivity contribution in [3.63, 3.8) is 0 Å². The molecule has 1 fully saturated rings. The molecule has 2 unspecified atom stereocenters. The Morgan fingerprint density at radius 2 is 2.07 bits per heavy atom. The predicted octanol–water partition coefficient (Wildman–Crippen LogP) is 4.06. The van der Waals surface area contributed by atoms with Crippen LogP contribution in [0.1, 0.15) is 46.0 Å². The topological polar surface area (TPSA) is 73.8 Å². The number of aliphatic hydroxyl groups is 1. The number of likely N-dealkylation sites (N-methyl/N-ethyl adjacent to an activating group) is 1. The summed E-state index contributed by atoms with van der Waals surface area (Å²) in [4.78, 5) is 15.6. The second-order valence-corrected chi connectivity index (χ2v) is 9.04. The summed E-state index contributed by atoms with van der Waals surface area (Å²) in [5.74, 6) is -0.158. The minimum Gasteiger partial charge on any atom is -0.369 e. The van der Waals surface area contributed by atoms with Crippen LogP contribution in [0.5, 0.6) is 0 Å². The van der Waals surface area contributed by atoms with Gasteiger partial charge >= 0.3 is 0 Å². The molecule has 1 aliphatic heterocycles. The van der Waals surface area contributed by atoms with Gasteiger partial charge in [-0.1, -0.05) is 32.3 Å². The standard InChI is InChI=1S/C23H33N3O3S/c1-4-5-6-7-14-24-30-19-11-9-18(10-12-19)25-22(27)17-8-13-21-20(15-17)26(3)23(2,28)16-29-21/h8-12,15,21,24,28H,4-7,13-14,16H2,1-3H3,(H,25,27). The van der Waals surface area contributed by atoms with Gasteiger partial charge in [-0.15, -0.1) is 0 Å². The molecule has 0 aromatic heterocycles. The molecule has 1 saturated heterocycles. The molecule has 2 aliphatic rings. The number of carbonyl (C=O) groups excluding carboxylic acids is 1. The van der Waals surface area contributed by atoms with Crippen LogP contribution in [0.3, 0.4) is 0 Å². The summed E-state index contributed by atoms with van der Waals surface area (Å²) < 4.78 is 9.13. The fourth-order valence-electron chi connectivity index (χ4n) is 3.49. The minimum atomic E-state index is -1.07. The van der Waals surface area contributed by atoms with Crippen molar-refractivity contribution in [3.8, 4) is 0 Å². The molecular weight excluding hydrogens is 398 g/mol. The quantitative estimate of drug-likeness (QED) is 0.405. The highest BCUT2D eigenvalue weighted by Crippen LogP contribution is 2.32. The second kappa shape index (κ2) is 10.5. The third-order valence-electron chi connectivity index (χ3n) is 5.55. The lowest BCUT2D eigenvalue weighted by molar-refractivity contribution is -0.168. The lowest BCUT2D eigenvalue weighted by Crippen LogP contribution is -2.54. The Balaban J connectivity index is 1.52. The number of hydrogen-bond acceptors (Lipinski definition) is 6. The van der Waals surface area contributed by atoms with E-state index in [9.17, 15) is 9.90 Å². The van der Waals surface area contributed by atoms with Crippen molar-refractivity contribution in [3.05, 3.63) is 47.7 Å². The van der Waals surface area contributed by atoms with Gasteiger partial charge in [-0.05, 0) is 62.1 Å². The first kappa shape index (κ1) is 22.9. The van der Waals surface area contributed by atoms with Crippen LogP contribution in [0, 0.1) is 0 Å². The smallest absolute Gasteiger partial charge is 0.255 e. The monoisotopic (exact) mass is 431 g/mol. The average Bonchev–Trinajstić information content (AvgIpc) is 2.74. The van der Waals surface area contributed by atoms with Gasteiger partial charge in [0.1, 0.15) is 6.10 Å². The molecule has 30 heavy (non-hydrogen) atoms. The van der Waals surface area contributed by atoms with E-state index in [4.69, 9.17) is 4.74 Å². The zero-order chi connectivity index (χ0) is 21.6. The van der Waals surface area contributed by atoms with Crippen molar-refractivity contribution in [2.24, 2.45) is 0 Å². The Morgan fingerprint density at radius 3 is 2.80 bits per heavy atom. The van der Waals surface area contributed by atoms with Gasteiger partial charge in [0.2, 0.25) is 0 Å².